The second kappa shape index (κ2) is 16.1. The van der Waals surface area contributed by atoms with E-state index in [4.69, 9.17) is 16.7 Å². The largest absolute Gasteiger partial charge is 0.371 e. The van der Waals surface area contributed by atoms with Gasteiger partial charge in [-0.1, -0.05) is 11.6 Å². The lowest BCUT2D eigenvalue weighted by Crippen LogP contribution is -2.49. The van der Waals surface area contributed by atoms with Gasteiger partial charge >= 0.3 is 0 Å². The van der Waals surface area contributed by atoms with Gasteiger partial charge in [0.05, 0.1) is 11.4 Å². The van der Waals surface area contributed by atoms with E-state index in [1.54, 1.807) is 33.6 Å². The van der Waals surface area contributed by atoms with Crippen molar-refractivity contribution in [3.63, 3.8) is 0 Å². The number of hydrogen-bond donors (Lipinski definition) is 1. The first-order chi connectivity index (χ1) is 26.3. The van der Waals surface area contributed by atoms with Gasteiger partial charge in [-0.3, -0.25) is 14.6 Å². The summed E-state index contributed by atoms with van der Waals surface area (Å²) in [6.45, 7) is 7.75. The molecule has 54 heavy (non-hydrogen) atoms. The zero-order valence-corrected chi connectivity index (χ0v) is 31.4. The van der Waals surface area contributed by atoms with Gasteiger partial charge in [0, 0.05) is 117 Å². The van der Waals surface area contributed by atoms with E-state index in [9.17, 15) is 13.0 Å². The number of piperidine rings is 1. The Kier molecular flexibility index (Phi) is 10.9. The Hall–Kier alpha value is -4.43. The van der Waals surface area contributed by atoms with Crippen molar-refractivity contribution in [2.24, 2.45) is 5.92 Å². The van der Waals surface area contributed by atoms with E-state index in [0.717, 1.165) is 94.5 Å². The van der Waals surface area contributed by atoms with E-state index in [2.05, 4.69) is 36.5 Å². The monoisotopic (exact) mass is 774 g/mol. The molecule has 1 N–H and O–H groups in total. The van der Waals surface area contributed by atoms with Gasteiger partial charge < -0.3 is 9.80 Å². The Morgan fingerprint density at radius 3 is 2.07 bits per heavy atom. The molecule has 3 aliphatic heterocycles. The number of nitrogens with one attached hydrogen (secondary N) is 1. The smallest absolute Gasteiger partial charge is 0.196 e. The first-order valence-corrected chi connectivity index (χ1v) is 20.0. The van der Waals surface area contributed by atoms with E-state index in [1.807, 2.05) is 24.3 Å². The number of rotatable bonds is 10. The summed E-state index contributed by atoms with van der Waals surface area (Å²) in [5.74, 6) is -1.07. The van der Waals surface area contributed by atoms with Gasteiger partial charge in [0.15, 0.2) is 17.0 Å². The molecule has 282 valence electrons. The lowest BCUT2D eigenvalue weighted by molar-refractivity contribution is 0.201. The first-order valence-electron chi connectivity index (χ1n) is 18.5. The van der Waals surface area contributed by atoms with Gasteiger partial charge in [0.2, 0.25) is 0 Å². The summed E-state index contributed by atoms with van der Waals surface area (Å²) in [6, 6.07) is 18.7. The number of pyridine rings is 1. The van der Waals surface area contributed by atoms with Crippen molar-refractivity contribution in [3.05, 3.63) is 108 Å². The third-order valence-corrected chi connectivity index (χ3v) is 12.1. The summed E-state index contributed by atoms with van der Waals surface area (Å²) in [5, 5.41) is 5.24. The molecule has 0 saturated carbocycles. The molecule has 9 nitrogen and oxygen atoms in total. The summed E-state index contributed by atoms with van der Waals surface area (Å²) in [7, 11) is 0. The van der Waals surface area contributed by atoms with Crippen LogP contribution in [-0.4, -0.2) is 87.1 Å². The van der Waals surface area contributed by atoms with Crippen LogP contribution in [0.4, 0.5) is 30.2 Å². The lowest BCUT2D eigenvalue weighted by Gasteiger charge is -2.40. The van der Waals surface area contributed by atoms with Crippen LogP contribution in [-0.2, 0) is 11.2 Å². The van der Waals surface area contributed by atoms with Crippen LogP contribution in [0.3, 0.4) is 0 Å². The second-order valence-electron chi connectivity index (χ2n) is 14.2. The number of aromatic nitrogens is 3. The van der Waals surface area contributed by atoms with Crippen LogP contribution in [0.2, 0.25) is 5.02 Å². The second-order valence-corrected chi connectivity index (χ2v) is 15.9. The number of benzene rings is 3. The molecule has 3 fully saturated rings. The number of anilines is 3. The zero-order valence-electron chi connectivity index (χ0n) is 29.8. The summed E-state index contributed by atoms with van der Waals surface area (Å²) in [6.07, 6.45) is 9.06. The van der Waals surface area contributed by atoms with Crippen molar-refractivity contribution < 1.29 is 17.4 Å². The fourth-order valence-electron chi connectivity index (χ4n) is 7.76. The molecule has 1 atom stereocenters. The molecule has 2 aromatic heterocycles. The minimum Gasteiger partial charge on any atom is -0.371 e. The van der Waals surface area contributed by atoms with Crippen molar-refractivity contribution >= 4 is 39.8 Å². The average molecular weight is 775 g/mol. The highest BCUT2D eigenvalue weighted by atomic mass is 35.5. The van der Waals surface area contributed by atoms with E-state index >= 15 is 4.39 Å². The third-order valence-electron chi connectivity index (χ3n) is 10.7. The molecular formula is C40H42ClF3N8OS. The van der Waals surface area contributed by atoms with Crippen LogP contribution in [0.15, 0.2) is 85.3 Å². The predicted octanol–water partition coefficient (Wildman–Crippen LogP) is 7.80. The Bertz CT molecular complexity index is 2080. The summed E-state index contributed by atoms with van der Waals surface area (Å²) >= 11 is 4.95. The van der Waals surface area contributed by atoms with Gasteiger partial charge in [-0.15, -0.1) is 0 Å². The van der Waals surface area contributed by atoms with Crippen molar-refractivity contribution in [2.45, 2.75) is 25.7 Å². The van der Waals surface area contributed by atoms with Gasteiger partial charge in [-0.25, -0.2) is 26.4 Å². The molecule has 0 spiro atoms. The van der Waals surface area contributed by atoms with Gasteiger partial charge in [0.1, 0.15) is 17.3 Å². The minimum atomic E-state index is -1.58. The minimum absolute atomic E-state index is 0.0738. The maximum Gasteiger partial charge on any atom is 0.196 e. The molecule has 3 aromatic carbocycles. The Balaban J connectivity index is 0.937. The van der Waals surface area contributed by atoms with E-state index in [-0.39, 0.29) is 11.3 Å². The van der Waals surface area contributed by atoms with Crippen LogP contribution < -0.4 is 14.5 Å². The molecule has 0 radical (unpaired) electrons. The summed E-state index contributed by atoms with van der Waals surface area (Å²) < 4.78 is 63.1. The molecule has 5 aromatic rings. The van der Waals surface area contributed by atoms with E-state index in [0.29, 0.717) is 41.0 Å². The number of nitrogens with zero attached hydrogens (tertiary/aromatic N) is 7. The number of piperazine rings is 1. The highest BCUT2D eigenvalue weighted by molar-refractivity contribution is 7.84. The maximum absolute atomic E-state index is 16.3. The Morgan fingerprint density at radius 2 is 1.39 bits per heavy atom. The van der Waals surface area contributed by atoms with Crippen molar-refractivity contribution in [1.82, 2.24) is 24.0 Å². The van der Waals surface area contributed by atoms with Crippen LogP contribution in [0.25, 0.3) is 28.1 Å². The topological polar surface area (TPSA) is 72.8 Å². The molecule has 1 unspecified atom stereocenters. The molecule has 3 saturated heterocycles. The third kappa shape index (κ3) is 8.14. The predicted molar refractivity (Wildman–Crippen MR) is 210 cm³/mol. The highest BCUT2D eigenvalue weighted by Gasteiger charge is 2.26. The fourth-order valence-corrected chi connectivity index (χ4v) is 9.04. The van der Waals surface area contributed by atoms with Gasteiger partial charge in [-0.05, 0) is 92.3 Å². The van der Waals surface area contributed by atoms with Gasteiger partial charge in [-0.2, -0.15) is 5.10 Å². The molecule has 5 heterocycles. The molecule has 0 aliphatic carbocycles. The van der Waals surface area contributed by atoms with Crippen LogP contribution in [0, 0.1) is 23.4 Å². The first kappa shape index (κ1) is 36.5. The SMILES string of the molecule is O=S(Nc1cc(Cl)cc(-c2cn(-c3ccc(N4CCN(CC5CCN(c6cc(F)cc(F)c6)CC5)CC4)cc3)nc2-c2ccncc2)c1F)N1CCCC1. The highest BCUT2D eigenvalue weighted by Crippen LogP contribution is 2.38. The Labute approximate surface area is 321 Å². The number of halogens is 4. The van der Waals surface area contributed by atoms with E-state index < -0.39 is 28.6 Å². The summed E-state index contributed by atoms with van der Waals surface area (Å²) in [4.78, 5) is 11.1. The normalized spacial score (nSPS) is 18.0. The zero-order chi connectivity index (χ0) is 37.2. The van der Waals surface area contributed by atoms with Crippen LogP contribution >= 0.6 is 11.6 Å². The molecule has 14 heteroatoms. The van der Waals surface area contributed by atoms with Crippen molar-refractivity contribution in [1.29, 1.82) is 0 Å². The summed E-state index contributed by atoms with van der Waals surface area (Å²) in [5.41, 5.74) is 4.78. The average Bonchev–Trinajstić information content (AvgIpc) is 3.89. The molecule has 0 bridgehead atoms. The Morgan fingerprint density at radius 1 is 0.741 bits per heavy atom. The molecular weight excluding hydrogens is 733 g/mol. The lowest BCUT2D eigenvalue weighted by atomic mass is 9.95. The molecule has 3 aliphatic rings. The molecule has 0 amide bonds. The standard InChI is InChI=1S/C40H42ClF3N8OS/c41-30-21-36(39(44)38(22-30)47-54(53)51-13-1-2-14-51)37-27-52(46-40(37)29-7-11-45-12-8-29)34-5-3-33(4-6-34)50-19-17-48(18-20-50)26-28-9-15-49(16-10-28)35-24-31(42)23-32(43)25-35/h3-8,11-12,21-25,27-28,47H,1-2,9-10,13-20,26H2. The van der Waals surface area contributed by atoms with Crippen molar-refractivity contribution in [3.8, 4) is 28.1 Å². The van der Waals surface area contributed by atoms with Crippen LogP contribution in [0.1, 0.15) is 25.7 Å². The van der Waals surface area contributed by atoms with Gasteiger partial charge in [0.25, 0.3) is 0 Å². The van der Waals surface area contributed by atoms with Crippen LogP contribution in [0.5, 0.6) is 0 Å². The maximum atomic E-state index is 16.3. The quantitative estimate of drug-likeness (QED) is 0.156. The number of hydrogen-bond acceptors (Lipinski definition) is 6. The van der Waals surface area contributed by atoms with Crippen molar-refractivity contribution in [2.75, 3.05) is 73.4 Å². The fraction of sp³-hybridized carbons (Fsp3) is 0.350. The molecule has 8 rings (SSSR count). The van der Waals surface area contributed by atoms with E-state index in [1.165, 1.54) is 18.2 Å².